The number of methoxy groups -OCH3 is 2. The molecule has 0 spiro atoms. The Balaban J connectivity index is 2.34. The predicted octanol–water partition coefficient (Wildman–Crippen LogP) is -0.767. The summed E-state index contributed by atoms with van der Waals surface area (Å²) in [6.07, 6.45) is -1.56. The summed E-state index contributed by atoms with van der Waals surface area (Å²) in [4.78, 5) is 0. The van der Waals surface area contributed by atoms with Gasteiger partial charge in [0.05, 0.1) is 0 Å². The Kier molecular flexibility index (Phi) is 2.58. The van der Waals surface area contributed by atoms with Crippen molar-refractivity contribution < 1.29 is 29.2 Å². The first-order valence-corrected chi connectivity index (χ1v) is 5.16. The van der Waals surface area contributed by atoms with Crippen LogP contribution in [0.1, 0.15) is 13.8 Å². The minimum atomic E-state index is -1.27. The van der Waals surface area contributed by atoms with Crippen molar-refractivity contribution in [2.45, 2.75) is 43.2 Å². The van der Waals surface area contributed by atoms with E-state index >= 15 is 0 Å². The molecule has 0 radical (unpaired) electrons. The number of aliphatic hydroxyl groups is 2. The van der Waals surface area contributed by atoms with Gasteiger partial charge in [-0.1, -0.05) is 0 Å². The molecule has 3 rings (SSSR count). The molecule has 94 valence electrons. The maximum Gasteiger partial charge on any atom is 0.227 e. The van der Waals surface area contributed by atoms with Gasteiger partial charge in [0.25, 0.3) is 0 Å². The van der Waals surface area contributed by atoms with Gasteiger partial charge in [-0.25, -0.2) is 0 Å². The molecule has 6 nitrogen and oxygen atoms in total. The van der Waals surface area contributed by atoms with Crippen LogP contribution < -0.4 is 0 Å². The number of aliphatic hydroxyl groups excluding tert-OH is 2. The van der Waals surface area contributed by atoms with E-state index in [-0.39, 0.29) is 6.61 Å². The highest BCUT2D eigenvalue weighted by Gasteiger charge is 2.77. The van der Waals surface area contributed by atoms with E-state index in [1.54, 1.807) is 13.8 Å². The molecule has 0 amide bonds. The van der Waals surface area contributed by atoms with Crippen molar-refractivity contribution in [3.63, 3.8) is 0 Å². The summed E-state index contributed by atoms with van der Waals surface area (Å²) in [5, 5.41) is 19.5. The first kappa shape index (κ1) is 12.2. The van der Waals surface area contributed by atoms with E-state index in [2.05, 4.69) is 0 Å². The molecule has 0 aromatic heterocycles. The fraction of sp³-hybridized carbons (Fsp3) is 1.00. The van der Waals surface area contributed by atoms with E-state index in [0.717, 1.165) is 0 Å². The third kappa shape index (κ3) is 1.12. The summed E-state index contributed by atoms with van der Waals surface area (Å²) < 4.78 is 21.4. The van der Waals surface area contributed by atoms with E-state index in [1.807, 2.05) is 0 Å². The smallest absolute Gasteiger partial charge is 0.227 e. The van der Waals surface area contributed by atoms with Crippen LogP contribution in [0.4, 0.5) is 0 Å². The summed E-state index contributed by atoms with van der Waals surface area (Å²) in [5.41, 5.74) is -0.876. The lowest BCUT2D eigenvalue weighted by Gasteiger charge is -2.67. The molecule has 3 saturated heterocycles. The van der Waals surface area contributed by atoms with Gasteiger partial charge in [0.15, 0.2) is 5.79 Å². The maximum absolute atomic E-state index is 10.1. The zero-order chi connectivity index (χ0) is 12.2. The number of fused-ring (bicyclic) bond motifs is 2. The second kappa shape index (κ2) is 3.38. The fourth-order valence-electron chi connectivity index (χ4n) is 2.41. The van der Waals surface area contributed by atoms with E-state index < -0.39 is 29.4 Å². The summed E-state index contributed by atoms with van der Waals surface area (Å²) in [5.74, 6) is -2.46. The van der Waals surface area contributed by atoms with E-state index in [0.29, 0.717) is 0 Å². The van der Waals surface area contributed by atoms with Gasteiger partial charge in [0.1, 0.15) is 24.4 Å². The normalized spacial score (nSPS) is 55.9. The van der Waals surface area contributed by atoms with Crippen LogP contribution >= 0.6 is 0 Å². The molecule has 0 aromatic rings. The lowest BCUT2D eigenvalue weighted by Crippen LogP contribution is -2.87. The highest BCUT2D eigenvalue weighted by Crippen LogP contribution is 2.55. The van der Waals surface area contributed by atoms with Crippen molar-refractivity contribution in [1.29, 1.82) is 0 Å². The zero-order valence-corrected chi connectivity index (χ0v) is 9.89. The quantitative estimate of drug-likeness (QED) is 0.668. The van der Waals surface area contributed by atoms with Gasteiger partial charge in [-0.05, 0) is 13.8 Å². The van der Waals surface area contributed by atoms with E-state index in [4.69, 9.17) is 18.9 Å². The summed E-state index contributed by atoms with van der Waals surface area (Å²) in [6.45, 7) is 2.97. The van der Waals surface area contributed by atoms with Crippen LogP contribution in [0, 0.1) is 0 Å². The van der Waals surface area contributed by atoms with Crippen molar-refractivity contribution in [2.24, 2.45) is 0 Å². The molecule has 16 heavy (non-hydrogen) atoms. The first-order valence-electron chi connectivity index (χ1n) is 5.16. The average molecular weight is 234 g/mol. The minimum Gasteiger partial charge on any atom is -0.391 e. The molecular weight excluding hydrogens is 216 g/mol. The predicted molar refractivity (Wildman–Crippen MR) is 52.6 cm³/mol. The van der Waals surface area contributed by atoms with Crippen LogP contribution in [0.25, 0.3) is 0 Å². The van der Waals surface area contributed by atoms with E-state index in [9.17, 15) is 10.2 Å². The Hall–Kier alpha value is -0.240. The second-order valence-electron chi connectivity index (χ2n) is 4.53. The topological polar surface area (TPSA) is 77.4 Å². The lowest BCUT2D eigenvalue weighted by atomic mass is 9.74. The minimum absolute atomic E-state index is 0.362. The molecule has 2 bridgehead atoms. The average Bonchev–Trinajstić information content (AvgIpc) is 2.30. The van der Waals surface area contributed by atoms with Gasteiger partial charge in [-0.2, -0.15) is 0 Å². The molecular formula is C10H18O6. The Bertz CT molecular complexity index is 297. The second-order valence-corrected chi connectivity index (χ2v) is 4.53. The zero-order valence-electron chi connectivity index (χ0n) is 9.89. The largest absolute Gasteiger partial charge is 0.391 e. The molecule has 5 atom stereocenters. The standard InChI is InChI=1S/C10H18O6/c1-8(13-3)7-6(12)9(2,14-4)16-10(8,5-11)15-7/h6-7,11-12H,5H2,1-4H3/t6?,7?,8-,9+,10?/m0/s1. The number of ether oxygens (including phenoxy) is 4. The van der Waals surface area contributed by atoms with Crippen LogP contribution in [0.15, 0.2) is 0 Å². The molecule has 2 N–H and O–H groups in total. The summed E-state index contributed by atoms with van der Waals surface area (Å²) >= 11 is 0. The van der Waals surface area contributed by atoms with Crippen LogP contribution in [-0.4, -0.2) is 60.4 Å². The van der Waals surface area contributed by atoms with Crippen LogP contribution in [0.3, 0.4) is 0 Å². The molecule has 3 aliphatic rings. The van der Waals surface area contributed by atoms with Crippen molar-refractivity contribution in [1.82, 2.24) is 0 Å². The third-order valence-electron chi connectivity index (χ3n) is 3.85. The fourth-order valence-corrected chi connectivity index (χ4v) is 2.41. The van der Waals surface area contributed by atoms with Crippen LogP contribution in [-0.2, 0) is 18.9 Å². The van der Waals surface area contributed by atoms with Gasteiger partial charge in [-0.15, -0.1) is 0 Å². The Morgan fingerprint density at radius 2 is 1.88 bits per heavy atom. The Morgan fingerprint density at radius 3 is 2.31 bits per heavy atom. The molecule has 3 aliphatic heterocycles. The molecule has 6 heteroatoms. The molecule has 3 fully saturated rings. The van der Waals surface area contributed by atoms with Gasteiger partial charge in [-0.3, -0.25) is 0 Å². The lowest BCUT2D eigenvalue weighted by molar-refractivity contribution is -0.555. The molecule has 0 aromatic carbocycles. The molecule has 3 heterocycles. The van der Waals surface area contributed by atoms with Gasteiger partial charge in [0.2, 0.25) is 5.79 Å². The van der Waals surface area contributed by atoms with Crippen molar-refractivity contribution in [2.75, 3.05) is 20.8 Å². The molecule has 3 unspecified atom stereocenters. The number of hydrogen-bond acceptors (Lipinski definition) is 6. The van der Waals surface area contributed by atoms with Crippen molar-refractivity contribution in [3.05, 3.63) is 0 Å². The van der Waals surface area contributed by atoms with Crippen LogP contribution in [0.5, 0.6) is 0 Å². The Morgan fingerprint density at radius 1 is 1.25 bits per heavy atom. The highest BCUT2D eigenvalue weighted by atomic mass is 16.8. The SMILES string of the molecule is CO[C@]1(C)OC2(CO)OC(C1O)[C@]2(C)OC. The summed E-state index contributed by atoms with van der Waals surface area (Å²) in [6, 6.07) is 0. The molecule has 0 saturated carbocycles. The van der Waals surface area contributed by atoms with Crippen LogP contribution in [0.2, 0.25) is 0 Å². The first-order chi connectivity index (χ1) is 7.39. The monoisotopic (exact) mass is 234 g/mol. The number of hydrogen-bond donors (Lipinski definition) is 2. The maximum atomic E-state index is 10.1. The Labute approximate surface area is 94.1 Å². The van der Waals surface area contributed by atoms with E-state index in [1.165, 1.54) is 14.2 Å². The van der Waals surface area contributed by atoms with Gasteiger partial charge < -0.3 is 29.2 Å². The number of rotatable bonds is 3. The molecule has 0 aliphatic carbocycles. The van der Waals surface area contributed by atoms with Crippen molar-refractivity contribution >= 4 is 0 Å². The summed E-state index contributed by atoms with van der Waals surface area (Å²) in [7, 11) is 2.93. The van der Waals surface area contributed by atoms with Gasteiger partial charge >= 0.3 is 0 Å². The van der Waals surface area contributed by atoms with Gasteiger partial charge in [0, 0.05) is 14.2 Å². The highest BCUT2D eigenvalue weighted by molar-refractivity contribution is 5.17. The third-order valence-corrected chi connectivity index (χ3v) is 3.85. The van der Waals surface area contributed by atoms with Crippen molar-refractivity contribution in [3.8, 4) is 0 Å².